The summed E-state index contributed by atoms with van der Waals surface area (Å²) in [6, 6.07) is 11.4. The highest BCUT2D eigenvalue weighted by Gasteiger charge is 2.26. The fraction of sp³-hybridized carbons (Fsp3) is 0.273. The van der Waals surface area contributed by atoms with Gasteiger partial charge in [0, 0.05) is 37.1 Å². The fourth-order valence-corrected chi connectivity index (χ4v) is 3.59. The van der Waals surface area contributed by atoms with E-state index in [4.69, 9.17) is 5.73 Å². The Morgan fingerprint density at radius 1 is 1.14 bits per heavy atom. The van der Waals surface area contributed by atoms with Gasteiger partial charge < -0.3 is 16.0 Å². The number of amides is 1. The minimum absolute atomic E-state index is 0.00823. The number of aromatic nitrogens is 3. The number of nitrogens with zero attached hydrogens (tertiary/aromatic N) is 4. The summed E-state index contributed by atoms with van der Waals surface area (Å²) in [6.07, 6.45) is 7.10. The molecule has 4 rings (SSSR count). The van der Waals surface area contributed by atoms with Crippen molar-refractivity contribution in [2.24, 2.45) is 0 Å². The molecule has 148 valence electrons. The molecule has 0 unspecified atom stereocenters. The third-order valence-electron chi connectivity index (χ3n) is 5.22. The number of pyridine rings is 3. The van der Waals surface area contributed by atoms with E-state index in [0.29, 0.717) is 17.9 Å². The standard InChI is InChI=1S/C22H24N6O/c1-15-4-2-10-24-21(15)27-18-7-8-19(25-13-18)17-5-3-11-28(14-17)22(29)16-6-9-20(23)26-12-16/h2,4,6-10,12-13,17H,3,5,11,14H2,1H3,(H2,23,26)(H,24,27)/t17-/m0/s1. The summed E-state index contributed by atoms with van der Waals surface area (Å²) in [7, 11) is 0. The molecule has 0 aromatic carbocycles. The molecule has 1 fully saturated rings. The predicted molar refractivity (Wildman–Crippen MR) is 113 cm³/mol. The van der Waals surface area contributed by atoms with Crippen LogP contribution in [0, 0.1) is 6.92 Å². The minimum atomic E-state index is -0.00823. The maximum absolute atomic E-state index is 12.8. The van der Waals surface area contributed by atoms with Gasteiger partial charge in [-0.15, -0.1) is 0 Å². The zero-order valence-electron chi connectivity index (χ0n) is 16.4. The molecule has 1 atom stereocenters. The summed E-state index contributed by atoms with van der Waals surface area (Å²) >= 11 is 0. The van der Waals surface area contributed by atoms with Gasteiger partial charge in [0.1, 0.15) is 11.6 Å². The van der Waals surface area contributed by atoms with E-state index in [0.717, 1.165) is 42.1 Å². The highest BCUT2D eigenvalue weighted by Crippen LogP contribution is 2.27. The highest BCUT2D eigenvalue weighted by atomic mass is 16.2. The van der Waals surface area contributed by atoms with Crippen LogP contribution in [0.5, 0.6) is 0 Å². The van der Waals surface area contributed by atoms with Crippen LogP contribution in [0.1, 0.15) is 40.4 Å². The molecule has 3 N–H and O–H groups in total. The van der Waals surface area contributed by atoms with Crippen LogP contribution in [0.3, 0.4) is 0 Å². The van der Waals surface area contributed by atoms with Crippen LogP contribution in [0.4, 0.5) is 17.3 Å². The molecule has 7 heteroatoms. The van der Waals surface area contributed by atoms with Gasteiger partial charge in [0.05, 0.1) is 17.4 Å². The number of anilines is 3. The van der Waals surface area contributed by atoms with Crippen LogP contribution in [0.15, 0.2) is 55.0 Å². The number of hydrogen-bond donors (Lipinski definition) is 2. The van der Waals surface area contributed by atoms with Crippen molar-refractivity contribution >= 4 is 23.2 Å². The van der Waals surface area contributed by atoms with E-state index in [2.05, 4.69) is 20.3 Å². The molecule has 1 saturated heterocycles. The first-order chi connectivity index (χ1) is 14.1. The first kappa shape index (κ1) is 18.9. The lowest BCUT2D eigenvalue weighted by molar-refractivity contribution is 0.0705. The van der Waals surface area contributed by atoms with Gasteiger partial charge in [-0.05, 0) is 55.7 Å². The molecule has 7 nitrogen and oxygen atoms in total. The Labute approximate surface area is 170 Å². The number of rotatable bonds is 4. The Balaban J connectivity index is 1.43. The second-order valence-corrected chi connectivity index (χ2v) is 7.33. The van der Waals surface area contributed by atoms with Crippen molar-refractivity contribution in [3.8, 4) is 0 Å². The number of carbonyl (C=O) groups is 1. The zero-order valence-corrected chi connectivity index (χ0v) is 16.4. The Morgan fingerprint density at radius 2 is 2.03 bits per heavy atom. The Hall–Kier alpha value is -3.48. The number of hydrogen-bond acceptors (Lipinski definition) is 6. The molecule has 3 aromatic rings. The van der Waals surface area contributed by atoms with E-state index in [9.17, 15) is 4.79 Å². The molecule has 0 radical (unpaired) electrons. The molecule has 3 aromatic heterocycles. The quantitative estimate of drug-likeness (QED) is 0.710. The molecule has 1 aliphatic rings. The van der Waals surface area contributed by atoms with Crippen LogP contribution in [-0.4, -0.2) is 38.8 Å². The Morgan fingerprint density at radius 3 is 2.76 bits per heavy atom. The number of likely N-dealkylation sites (tertiary alicyclic amines) is 1. The van der Waals surface area contributed by atoms with E-state index in [1.165, 1.54) is 0 Å². The Bertz CT molecular complexity index is 987. The van der Waals surface area contributed by atoms with Gasteiger partial charge in [-0.25, -0.2) is 9.97 Å². The molecule has 0 bridgehead atoms. The van der Waals surface area contributed by atoms with Crippen LogP contribution in [0.2, 0.25) is 0 Å². The number of piperidine rings is 1. The largest absolute Gasteiger partial charge is 0.384 e. The third-order valence-corrected chi connectivity index (χ3v) is 5.22. The Kier molecular flexibility index (Phi) is 5.37. The summed E-state index contributed by atoms with van der Waals surface area (Å²) in [4.78, 5) is 27.7. The molecule has 29 heavy (non-hydrogen) atoms. The van der Waals surface area contributed by atoms with Crippen molar-refractivity contribution in [2.45, 2.75) is 25.7 Å². The molecular formula is C22H24N6O. The monoisotopic (exact) mass is 388 g/mol. The average Bonchev–Trinajstić information content (AvgIpc) is 2.76. The van der Waals surface area contributed by atoms with Crippen molar-refractivity contribution < 1.29 is 4.79 Å². The second-order valence-electron chi connectivity index (χ2n) is 7.33. The van der Waals surface area contributed by atoms with Crippen LogP contribution < -0.4 is 11.1 Å². The predicted octanol–water partition coefficient (Wildman–Crippen LogP) is 3.53. The van der Waals surface area contributed by atoms with Crippen molar-refractivity contribution in [3.63, 3.8) is 0 Å². The number of nitrogen functional groups attached to an aromatic ring is 1. The number of aryl methyl sites for hydroxylation is 1. The smallest absolute Gasteiger partial charge is 0.255 e. The second kappa shape index (κ2) is 8.26. The van der Waals surface area contributed by atoms with E-state index < -0.39 is 0 Å². The van der Waals surface area contributed by atoms with E-state index in [1.807, 2.05) is 42.3 Å². The van der Waals surface area contributed by atoms with Gasteiger partial charge in [-0.3, -0.25) is 9.78 Å². The van der Waals surface area contributed by atoms with Gasteiger partial charge in [-0.2, -0.15) is 0 Å². The first-order valence-electron chi connectivity index (χ1n) is 9.75. The van der Waals surface area contributed by atoms with Gasteiger partial charge in [0.2, 0.25) is 0 Å². The zero-order chi connectivity index (χ0) is 20.2. The summed E-state index contributed by atoms with van der Waals surface area (Å²) < 4.78 is 0. The maximum atomic E-state index is 12.8. The van der Waals surface area contributed by atoms with Gasteiger partial charge >= 0.3 is 0 Å². The maximum Gasteiger partial charge on any atom is 0.255 e. The minimum Gasteiger partial charge on any atom is -0.384 e. The summed E-state index contributed by atoms with van der Waals surface area (Å²) in [5, 5.41) is 3.30. The summed E-state index contributed by atoms with van der Waals surface area (Å²) in [5.74, 6) is 1.46. The van der Waals surface area contributed by atoms with Gasteiger partial charge in [0.15, 0.2) is 0 Å². The lowest BCUT2D eigenvalue weighted by atomic mass is 9.94. The highest BCUT2D eigenvalue weighted by molar-refractivity contribution is 5.94. The number of nitrogens with two attached hydrogens (primary N) is 1. The van der Waals surface area contributed by atoms with Crippen LogP contribution in [-0.2, 0) is 0 Å². The molecule has 4 heterocycles. The molecule has 0 saturated carbocycles. The topological polar surface area (TPSA) is 97.0 Å². The molecule has 0 aliphatic carbocycles. The molecule has 1 amide bonds. The number of carbonyl (C=O) groups excluding carboxylic acids is 1. The van der Waals surface area contributed by atoms with Crippen LogP contribution in [0.25, 0.3) is 0 Å². The van der Waals surface area contributed by atoms with Crippen LogP contribution >= 0.6 is 0 Å². The van der Waals surface area contributed by atoms with Crippen molar-refractivity contribution in [1.82, 2.24) is 19.9 Å². The lowest BCUT2D eigenvalue weighted by Crippen LogP contribution is -2.39. The summed E-state index contributed by atoms with van der Waals surface area (Å²) in [5.41, 5.74) is 9.16. The van der Waals surface area contributed by atoms with Crippen molar-refractivity contribution in [2.75, 3.05) is 24.1 Å². The van der Waals surface area contributed by atoms with E-state index in [1.54, 1.807) is 24.5 Å². The van der Waals surface area contributed by atoms with E-state index in [-0.39, 0.29) is 11.8 Å². The normalized spacial score (nSPS) is 16.4. The molecule has 1 aliphatic heterocycles. The number of nitrogens with one attached hydrogen (secondary N) is 1. The van der Waals surface area contributed by atoms with Gasteiger partial charge in [-0.1, -0.05) is 6.07 Å². The fourth-order valence-electron chi connectivity index (χ4n) is 3.59. The third kappa shape index (κ3) is 4.34. The molecular weight excluding hydrogens is 364 g/mol. The van der Waals surface area contributed by atoms with Gasteiger partial charge in [0.25, 0.3) is 5.91 Å². The average molecular weight is 388 g/mol. The molecule has 0 spiro atoms. The van der Waals surface area contributed by atoms with E-state index >= 15 is 0 Å². The summed E-state index contributed by atoms with van der Waals surface area (Å²) in [6.45, 7) is 3.42. The lowest BCUT2D eigenvalue weighted by Gasteiger charge is -2.32. The SMILES string of the molecule is Cc1cccnc1Nc1ccc([C@H]2CCCN(C(=O)c3ccc(N)nc3)C2)nc1. The van der Waals surface area contributed by atoms with Crippen molar-refractivity contribution in [1.29, 1.82) is 0 Å². The van der Waals surface area contributed by atoms with Crippen molar-refractivity contribution in [3.05, 3.63) is 71.8 Å². The first-order valence-corrected chi connectivity index (χ1v) is 9.75.